The van der Waals surface area contributed by atoms with Gasteiger partial charge in [-0.25, -0.2) is 9.97 Å². The van der Waals surface area contributed by atoms with E-state index in [4.69, 9.17) is 4.98 Å². The number of Topliss-reactive ketones (excluding diaryl/α,β-unsaturated/α-hetero) is 1. The highest BCUT2D eigenvalue weighted by atomic mass is 16.3. The molecular formula is C24H24N4O2. The molecule has 3 aromatic rings. The zero-order valence-electron chi connectivity index (χ0n) is 16.7. The topological polar surface area (TPSA) is 69.6 Å². The first-order chi connectivity index (χ1) is 14.7. The number of para-hydroxylation sites is 2. The van der Waals surface area contributed by atoms with Gasteiger partial charge >= 0.3 is 0 Å². The summed E-state index contributed by atoms with van der Waals surface area (Å²) in [6.45, 7) is 3.49. The number of fused-ring (bicyclic) bond motifs is 1. The van der Waals surface area contributed by atoms with Crippen LogP contribution in [0.4, 0.5) is 11.6 Å². The second kappa shape index (κ2) is 7.78. The molecule has 2 aliphatic rings. The molecule has 1 aliphatic heterocycles. The maximum absolute atomic E-state index is 12.7. The van der Waals surface area contributed by atoms with Crippen molar-refractivity contribution in [2.24, 2.45) is 0 Å². The number of anilines is 2. The Bertz CT molecular complexity index is 1060. The predicted molar refractivity (Wildman–Crippen MR) is 116 cm³/mol. The van der Waals surface area contributed by atoms with Gasteiger partial charge in [-0.15, -0.1) is 0 Å². The van der Waals surface area contributed by atoms with Crippen molar-refractivity contribution in [3.8, 4) is 5.75 Å². The highest BCUT2D eigenvalue weighted by molar-refractivity contribution is 5.98. The molecule has 6 nitrogen and oxygen atoms in total. The zero-order valence-corrected chi connectivity index (χ0v) is 16.7. The monoisotopic (exact) mass is 400 g/mol. The van der Waals surface area contributed by atoms with Crippen LogP contribution in [0.25, 0.3) is 0 Å². The number of carbonyl (C=O) groups is 1. The lowest BCUT2D eigenvalue weighted by atomic mass is 9.82. The first kappa shape index (κ1) is 18.6. The van der Waals surface area contributed by atoms with Crippen molar-refractivity contribution in [1.29, 1.82) is 0 Å². The Morgan fingerprint density at radius 3 is 2.33 bits per heavy atom. The largest absolute Gasteiger partial charge is 0.508 e. The smallest absolute Gasteiger partial charge is 0.225 e. The van der Waals surface area contributed by atoms with Gasteiger partial charge in [0.25, 0.3) is 0 Å². The van der Waals surface area contributed by atoms with E-state index >= 15 is 0 Å². The summed E-state index contributed by atoms with van der Waals surface area (Å²) >= 11 is 0. The van der Waals surface area contributed by atoms with Crippen molar-refractivity contribution in [3.05, 3.63) is 77.6 Å². The third-order valence-electron chi connectivity index (χ3n) is 6.09. The van der Waals surface area contributed by atoms with Crippen LogP contribution in [-0.4, -0.2) is 47.0 Å². The van der Waals surface area contributed by atoms with Crippen LogP contribution in [0.3, 0.4) is 0 Å². The van der Waals surface area contributed by atoms with Gasteiger partial charge in [0.1, 0.15) is 5.75 Å². The standard InChI is InChI=1S/C24H24N4O2/c29-22-9-5-4-8-19(22)17-14-21-20(23(30)15-17)16-25-24(26-21)28-12-10-27(11-13-28)18-6-2-1-3-7-18/h1-9,16-17,29H,10-15H2/t17-/m0/s1. The molecule has 1 atom stereocenters. The van der Waals surface area contributed by atoms with Gasteiger partial charge < -0.3 is 14.9 Å². The van der Waals surface area contributed by atoms with Crippen molar-refractivity contribution < 1.29 is 9.90 Å². The molecule has 0 spiro atoms. The highest BCUT2D eigenvalue weighted by Crippen LogP contribution is 2.36. The Hall–Kier alpha value is -3.41. The average Bonchev–Trinajstić information content (AvgIpc) is 2.80. The van der Waals surface area contributed by atoms with Gasteiger partial charge in [-0.05, 0) is 30.2 Å². The van der Waals surface area contributed by atoms with E-state index < -0.39 is 0 Å². The minimum atomic E-state index is -0.0520. The van der Waals surface area contributed by atoms with E-state index in [1.54, 1.807) is 18.3 Å². The van der Waals surface area contributed by atoms with Crippen LogP contribution < -0.4 is 9.80 Å². The van der Waals surface area contributed by atoms with Crippen LogP contribution in [0, 0.1) is 0 Å². The molecule has 30 heavy (non-hydrogen) atoms. The molecular weight excluding hydrogens is 376 g/mol. The zero-order chi connectivity index (χ0) is 20.5. The van der Waals surface area contributed by atoms with Crippen LogP contribution in [0.1, 0.15) is 34.0 Å². The SMILES string of the molecule is O=C1C[C@@H](c2ccccc2O)Cc2nc(N3CCN(c4ccccc4)CC3)ncc21. The quantitative estimate of drug-likeness (QED) is 0.727. The summed E-state index contributed by atoms with van der Waals surface area (Å²) in [5, 5.41) is 10.2. The Balaban J connectivity index is 1.34. The molecule has 0 bridgehead atoms. The van der Waals surface area contributed by atoms with Gasteiger partial charge in [0.05, 0.1) is 11.3 Å². The molecule has 6 heteroatoms. The van der Waals surface area contributed by atoms with Crippen LogP contribution >= 0.6 is 0 Å². The molecule has 0 amide bonds. The normalized spacial score (nSPS) is 18.9. The molecule has 2 heterocycles. The molecule has 1 saturated heterocycles. The number of nitrogens with zero attached hydrogens (tertiary/aromatic N) is 4. The number of ketones is 1. The molecule has 0 saturated carbocycles. The summed E-state index contributed by atoms with van der Waals surface area (Å²) < 4.78 is 0. The number of piperazine rings is 1. The highest BCUT2D eigenvalue weighted by Gasteiger charge is 2.30. The van der Waals surface area contributed by atoms with Crippen molar-refractivity contribution in [2.75, 3.05) is 36.0 Å². The maximum atomic E-state index is 12.7. The Labute approximate surface area is 175 Å². The fraction of sp³-hybridized carbons (Fsp3) is 0.292. The van der Waals surface area contributed by atoms with E-state index in [9.17, 15) is 9.90 Å². The van der Waals surface area contributed by atoms with Crippen LogP contribution in [0.5, 0.6) is 5.75 Å². The summed E-state index contributed by atoms with van der Waals surface area (Å²) in [6.07, 6.45) is 2.70. The predicted octanol–water partition coefficient (Wildman–Crippen LogP) is 3.42. The van der Waals surface area contributed by atoms with E-state index in [0.717, 1.165) is 37.4 Å². The van der Waals surface area contributed by atoms with Gasteiger partial charge in [-0.3, -0.25) is 4.79 Å². The number of carbonyl (C=O) groups excluding carboxylic acids is 1. The summed E-state index contributed by atoms with van der Waals surface area (Å²) in [6, 6.07) is 17.7. The fourth-order valence-corrected chi connectivity index (χ4v) is 4.44. The summed E-state index contributed by atoms with van der Waals surface area (Å²) in [7, 11) is 0. The summed E-state index contributed by atoms with van der Waals surface area (Å²) in [5.41, 5.74) is 3.45. The summed E-state index contributed by atoms with van der Waals surface area (Å²) in [5.74, 6) is 0.922. The van der Waals surface area contributed by atoms with Gasteiger partial charge in [0.2, 0.25) is 5.95 Å². The lowest BCUT2D eigenvalue weighted by Gasteiger charge is -2.36. The Morgan fingerprint density at radius 2 is 1.57 bits per heavy atom. The van der Waals surface area contributed by atoms with Gasteiger partial charge in [-0.2, -0.15) is 0 Å². The minimum Gasteiger partial charge on any atom is -0.508 e. The number of aromatic hydroxyl groups is 1. The number of benzene rings is 2. The molecule has 1 N–H and O–H groups in total. The van der Waals surface area contributed by atoms with Crippen LogP contribution in [0.2, 0.25) is 0 Å². The van der Waals surface area contributed by atoms with Gasteiger partial charge in [0, 0.05) is 50.4 Å². The average molecular weight is 400 g/mol. The van der Waals surface area contributed by atoms with E-state index in [1.165, 1.54) is 5.69 Å². The van der Waals surface area contributed by atoms with Crippen molar-refractivity contribution in [3.63, 3.8) is 0 Å². The van der Waals surface area contributed by atoms with E-state index in [1.807, 2.05) is 18.2 Å². The van der Waals surface area contributed by atoms with E-state index in [2.05, 4.69) is 39.0 Å². The minimum absolute atomic E-state index is 0.0462. The lowest BCUT2D eigenvalue weighted by Crippen LogP contribution is -2.47. The number of hydrogen-bond donors (Lipinski definition) is 1. The van der Waals surface area contributed by atoms with E-state index in [-0.39, 0.29) is 17.5 Å². The number of aromatic nitrogens is 2. The molecule has 2 aromatic carbocycles. The summed E-state index contributed by atoms with van der Waals surface area (Å²) in [4.78, 5) is 26.5. The van der Waals surface area contributed by atoms with Gasteiger partial charge in [0.15, 0.2) is 5.78 Å². The molecule has 152 valence electrons. The van der Waals surface area contributed by atoms with Crippen LogP contribution in [-0.2, 0) is 6.42 Å². The van der Waals surface area contributed by atoms with Crippen molar-refractivity contribution >= 4 is 17.4 Å². The second-order valence-electron chi connectivity index (χ2n) is 7.93. The third-order valence-corrected chi connectivity index (χ3v) is 6.09. The Kier molecular flexibility index (Phi) is 4.83. The molecule has 0 unspecified atom stereocenters. The van der Waals surface area contributed by atoms with E-state index in [0.29, 0.717) is 24.4 Å². The number of phenols is 1. The lowest BCUT2D eigenvalue weighted by molar-refractivity contribution is 0.0962. The number of hydrogen-bond acceptors (Lipinski definition) is 6. The Morgan fingerprint density at radius 1 is 0.867 bits per heavy atom. The van der Waals surface area contributed by atoms with Crippen LogP contribution in [0.15, 0.2) is 60.8 Å². The molecule has 1 aliphatic carbocycles. The molecule has 0 radical (unpaired) electrons. The van der Waals surface area contributed by atoms with Crippen molar-refractivity contribution in [2.45, 2.75) is 18.8 Å². The third kappa shape index (κ3) is 3.49. The number of phenolic OH excluding ortho intramolecular Hbond substituents is 1. The van der Waals surface area contributed by atoms with Gasteiger partial charge in [-0.1, -0.05) is 36.4 Å². The fourth-order valence-electron chi connectivity index (χ4n) is 4.44. The first-order valence-corrected chi connectivity index (χ1v) is 10.4. The first-order valence-electron chi connectivity index (χ1n) is 10.4. The molecule has 5 rings (SSSR count). The molecule has 1 fully saturated rings. The van der Waals surface area contributed by atoms with Crippen molar-refractivity contribution in [1.82, 2.24) is 9.97 Å². The number of rotatable bonds is 3. The maximum Gasteiger partial charge on any atom is 0.225 e. The molecule has 1 aromatic heterocycles. The second-order valence-corrected chi connectivity index (χ2v) is 7.93.